The molecular weight excluding hydrogens is 455 g/mol. The Hall–Kier alpha value is -3.81. The normalized spacial score (nSPS) is 20.0. The van der Waals surface area contributed by atoms with Crippen LogP contribution in [0.1, 0.15) is 65.9 Å². The van der Waals surface area contributed by atoms with E-state index in [1.165, 1.54) is 24.5 Å². The summed E-state index contributed by atoms with van der Waals surface area (Å²) in [6.45, 7) is 1.68. The van der Waals surface area contributed by atoms with E-state index in [2.05, 4.69) is 32.0 Å². The molecule has 2 fully saturated rings. The number of rotatable bonds is 6. The van der Waals surface area contributed by atoms with Crippen molar-refractivity contribution in [2.45, 2.75) is 63.5 Å². The molecule has 0 saturated heterocycles. The van der Waals surface area contributed by atoms with Crippen molar-refractivity contribution in [2.24, 2.45) is 4.99 Å². The molecule has 1 amide bonds. The van der Waals surface area contributed by atoms with Crippen molar-refractivity contribution in [2.75, 3.05) is 10.6 Å². The predicted molar refractivity (Wildman–Crippen MR) is 140 cm³/mol. The quantitative estimate of drug-likeness (QED) is 0.320. The lowest BCUT2D eigenvalue weighted by Crippen LogP contribution is -2.38. The Morgan fingerprint density at radius 1 is 0.972 bits per heavy atom. The smallest absolute Gasteiger partial charge is 0.258 e. The Morgan fingerprint density at radius 3 is 2.44 bits per heavy atom. The minimum atomic E-state index is -0.401. The largest absolute Gasteiger partial charge is 0.351 e. The number of hydrogen-bond donors (Lipinski definition) is 3. The Balaban J connectivity index is 1.31. The van der Waals surface area contributed by atoms with E-state index >= 15 is 0 Å². The monoisotopic (exact) mass is 486 g/mol. The maximum Gasteiger partial charge on any atom is 0.258 e. The lowest BCUT2D eigenvalue weighted by Gasteiger charge is -2.27. The first kappa shape index (κ1) is 23.9. The molecule has 0 bridgehead atoms. The second-order valence-corrected chi connectivity index (χ2v) is 9.60. The van der Waals surface area contributed by atoms with E-state index in [4.69, 9.17) is 4.99 Å². The van der Waals surface area contributed by atoms with Crippen LogP contribution in [0.5, 0.6) is 0 Å². The molecule has 8 heteroatoms. The fraction of sp³-hybridized carbons (Fsp3) is 0.357. The van der Waals surface area contributed by atoms with Gasteiger partial charge in [0.25, 0.3) is 5.91 Å². The van der Waals surface area contributed by atoms with Crippen molar-refractivity contribution in [3.8, 4) is 0 Å². The maximum absolute atomic E-state index is 14.1. The number of carbonyl (C=O) groups excluding carboxylic acids is 1. The van der Waals surface area contributed by atoms with Crippen LogP contribution in [-0.4, -0.2) is 33.9 Å². The standard InChI is InChI=1S/C28H31FN6O/c1-18-7-8-20(17-24(18)29)26(36)35-28(34-25-6-3-2-5-23(25)19-9-10-19)33-22-13-11-21(12-14-22)32-27-30-15-4-16-31-27/h2-8,15-17,19,21-22H,9-14H2,1H3,(H,30,31,32)(H2,33,34,35,36). The van der Waals surface area contributed by atoms with E-state index in [-0.39, 0.29) is 23.6 Å². The number of para-hydroxylation sites is 1. The number of hydrogen-bond acceptors (Lipinski definition) is 5. The van der Waals surface area contributed by atoms with Crippen molar-refractivity contribution >= 4 is 23.5 Å². The number of benzene rings is 2. The molecule has 186 valence electrons. The Morgan fingerprint density at radius 2 is 1.72 bits per heavy atom. The fourth-order valence-corrected chi connectivity index (χ4v) is 4.59. The molecule has 5 rings (SSSR count). The number of aryl methyl sites for hydroxylation is 1. The predicted octanol–water partition coefficient (Wildman–Crippen LogP) is 5.42. The summed E-state index contributed by atoms with van der Waals surface area (Å²) in [4.78, 5) is 26.4. The summed E-state index contributed by atoms with van der Waals surface area (Å²) in [6.07, 6.45) is 9.39. The average Bonchev–Trinajstić information content (AvgIpc) is 3.73. The molecule has 0 atom stereocenters. The van der Waals surface area contributed by atoms with E-state index in [9.17, 15) is 9.18 Å². The van der Waals surface area contributed by atoms with E-state index in [0.717, 1.165) is 31.4 Å². The molecule has 3 N–H and O–H groups in total. The first-order chi connectivity index (χ1) is 17.5. The number of anilines is 2. The minimum absolute atomic E-state index is 0.0605. The molecule has 3 aromatic rings. The van der Waals surface area contributed by atoms with Gasteiger partial charge in [-0.3, -0.25) is 10.1 Å². The van der Waals surface area contributed by atoms with Crippen LogP contribution >= 0.6 is 0 Å². The number of carbonyl (C=O) groups is 1. The van der Waals surface area contributed by atoms with Gasteiger partial charge in [-0.2, -0.15) is 0 Å². The maximum atomic E-state index is 14.1. The van der Waals surface area contributed by atoms with Crippen LogP contribution in [-0.2, 0) is 0 Å². The summed E-state index contributed by atoms with van der Waals surface area (Å²) in [5.74, 6) is 0.790. The zero-order chi connectivity index (χ0) is 24.9. The van der Waals surface area contributed by atoms with Crippen molar-refractivity contribution in [3.05, 3.63) is 83.4 Å². The van der Waals surface area contributed by atoms with Gasteiger partial charge in [-0.25, -0.2) is 19.4 Å². The van der Waals surface area contributed by atoms with Gasteiger partial charge in [-0.1, -0.05) is 24.3 Å². The second-order valence-electron chi connectivity index (χ2n) is 9.60. The molecule has 2 aliphatic rings. The van der Waals surface area contributed by atoms with Crippen LogP contribution in [0.25, 0.3) is 0 Å². The van der Waals surface area contributed by atoms with Gasteiger partial charge in [0, 0.05) is 29.7 Å². The third-order valence-electron chi connectivity index (χ3n) is 6.80. The van der Waals surface area contributed by atoms with Crippen LogP contribution in [0.4, 0.5) is 16.0 Å². The molecule has 2 aliphatic carbocycles. The lowest BCUT2D eigenvalue weighted by molar-refractivity contribution is 0.0976. The van der Waals surface area contributed by atoms with Crippen LogP contribution in [0, 0.1) is 12.7 Å². The van der Waals surface area contributed by atoms with E-state index in [1.54, 1.807) is 37.5 Å². The number of nitrogens with one attached hydrogen (secondary N) is 3. The zero-order valence-electron chi connectivity index (χ0n) is 20.4. The first-order valence-electron chi connectivity index (χ1n) is 12.6. The Labute approximate surface area is 210 Å². The third kappa shape index (κ3) is 6.05. The summed E-state index contributed by atoms with van der Waals surface area (Å²) >= 11 is 0. The summed E-state index contributed by atoms with van der Waals surface area (Å²) < 4.78 is 14.1. The minimum Gasteiger partial charge on any atom is -0.351 e. The van der Waals surface area contributed by atoms with Gasteiger partial charge in [0.2, 0.25) is 11.9 Å². The highest BCUT2D eigenvalue weighted by atomic mass is 19.1. The molecule has 0 aliphatic heterocycles. The van der Waals surface area contributed by atoms with Gasteiger partial charge in [-0.15, -0.1) is 0 Å². The van der Waals surface area contributed by atoms with Crippen LogP contribution in [0.2, 0.25) is 0 Å². The van der Waals surface area contributed by atoms with E-state index in [1.807, 2.05) is 18.2 Å². The average molecular weight is 487 g/mol. The topological polar surface area (TPSA) is 91.3 Å². The third-order valence-corrected chi connectivity index (χ3v) is 6.80. The number of aliphatic imine (C=N–C) groups is 1. The first-order valence-corrected chi connectivity index (χ1v) is 12.6. The highest BCUT2D eigenvalue weighted by Crippen LogP contribution is 2.43. The zero-order valence-corrected chi connectivity index (χ0v) is 20.4. The van der Waals surface area contributed by atoms with Crippen molar-refractivity contribution in [1.82, 2.24) is 15.3 Å². The molecule has 0 spiro atoms. The fourth-order valence-electron chi connectivity index (χ4n) is 4.59. The molecule has 0 unspecified atom stereocenters. The molecular formula is C28H31FN6O. The van der Waals surface area contributed by atoms with Gasteiger partial charge in [0.15, 0.2) is 0 Å². The summed E-state index contributed by atoms with van der Waals surface area (Å²) in [5.41, 5.74) is 2.95. The highest BCUT2D eigenvalue weighted by Gasteiger charge is 2.27. The molecule has 2 saturated carbocycles. The van der Waals surface area contributed by atoms with E-state index < -0.39 is 5.82 Å². The van der Waals surface area contributed by atoms with Gasteiger partial charge >= 0.3 is 0 Å². The molecule has 0 radical (unpaired) electrons. The number of halogens is 1. The molecule has 1 aromatic heterocycles. The summed E-state index contributed by atoms with van der Waals surface area (Å²) in [7, 11) is 0. The number of nitrogens with zero attached hydrogens (tertiary/aromatic N) is 3. The van der Waals surface area contributed by atoms with Crippen LogP contribution in [0.3, 0.4) is 0 Å². The molecule has 1 heterocycles. The summed E-state index contributed by atoms with van der Waals surface area (Å²) in [6, 6.07) is 14.8. The number of guanidine groups is 1. The second kappa shape index (κ2) is 10.8. The highest BCUT2D eigenvalue weighted by molar-refractivity contribution is 6.10. The summed E-state index contributed by atoms with van der Waals surface area (Å²) in [5, 5.41) is 9.69. The van der Waals surface area contributed by atoms with Crippen LogP contribution in [0.15, 0.2) is 65.9 Å². The molecule has 36 heavy (non-hydrogen) atoms. The van der Waals surface area contributed by atoms with Gasteiger partial charge < -0.3 is 10.6 Å². The number of aromatic nitrogens is 2. The van der Waals surface area contributed by atoms with E-state index in [0.29, 0.717) is 23.4 Å². The van der Waals surface area contributed by atoms with Crippen molar-refractivity contribution in [3.63, 3.8) is 0 Å². The molecule has 2 aromatic carbocycles. The lowest BCUT2D eigenvalue weighted by atomic mass is 9.91. The van der Waals surface area contributed by atoms with Crippen molar-refractivity contribution < 1.29 is 9.18 Å². The van der Waals surface area contributed by atoms with Crippen molar-refractivity contribution in [1.29, 1.82) is 0 Å². The Kier molecular flexibility index (Phi) is 7.21. The molecule has 7 nitrogen and oxygen atoms in total. The van der Waals surface area contributed by atoms with Crippen LogP contribution < -0.4 is 16.0 Å². The number of amides is 1. The van der Waals surface area contributed by atoms with Gasteiger partial charge in [0.1, 0.15) is 5.82 Å². The Bertz CT molecular complexity index is 1240. The van der Waals surface area contributed by atoms with Gasteiger partial charge in [-0.05, 0) is 86.8 Å². The van der Waals surface area contributed by atoms with Gasteiger partial charge in [0.05, 0.1) is 6.04 Å². The SMILES string of the molecule is Cc1ccc(C(=O)NC(=NC2CCC(Nc3ncccn3)CC2)Nc2ccccc2C2CC2)cc1F.